The first-order valence-electron chi connectivity index (χ1n) is 3.38. The number of carbonyl (C=O) groups excluding carboxylic acids is 3. The number of nitrogens with zero attached hydrogens (tertiary/aromatic N) is 1. The van der Waals surface area contributed by atoms with Crippen LogP contribution in [0.2, 0.25) is 0 Å². The molecule has 66 valence electrons. The first-order valence-corrected chi connectivity index (χ1v) is 4.45. The molecule has 1 fully saturated rings. The SMILES string of the molecule is O=C(CN1C(=O)CCC1=O)NI. The molecule has 0 atom stereocenters. The highest BCUT2D eigenvalue weighted by Crippen LogP contribution is 2.10. The number of hydrogen-bond acceptors (Lipinski definition) is 3. The van der Waals surface area contributed by atoms with Crippen LogP contribution in [0.15, 0.2) is 0 Å². The number of halogens is 1. The van der Waals surface area contributed by atoms with E-state index >= 15 is 0 Å². The van der Waals surface area contributed by atoms with E-state index in [1.54, 1.807) is 22.9 Å². The van der Waals surface area contributed by atoms with Gasteiger partial charge >= 0.3 is 0 Å². The van der Waals surface area contributed by atoms with Crippen molar-refractivity contribution in [2.45, 2.75) is 12.8 Å². The molecular weight excluding hydrogens is 275 g/mol. The summed E-state index contributed by atoms with van der Waals surface area (Å²) in [5.74, 6) is -0.862. The fourth-order valence-electron chi connectivity index (χ4n) is 0.973. The van der Waals surface area contributed by atoms with Crippen molar-refractivity contribution >= 4 is 40.6 Å². The number of rotatable bonds is 2. The van der Waals surface area contributed by atoms with Gasteiger partial charge in [0.1, 0.15) is 6.54 Å². The maximum Gasteiger partial charge on any atom is 0.248 e. The van der Waals surface area contributed by atoms with E-state index in [2.05, 4.69) is 3.53 Å². The quantitative estimate of drug-likeness (QED) is 0.426. The van der Waals surface area contributed by atoms with Crippen LogP contribution >= 0.6 is 22.9 Å². The summed E-state index contributed by atoms with van der Waals surface area (Å²) in [4.78, 5) is 33.7. The molecule has 0 aromatic carbocycles. The van der Waals surface area contributed by atoms with Crippen molar-refractivity contribution < 1.29 is 14.4 Å². The van der Waals surface area contributed by atoms with Crippen LogP contribution in [0.25, 0.3) is 0 Å². The molecule has 3 amide bonds. The molecule has 1 saturated heterocycles. The fraction of sp³-hybridized carbons (Fsp3) is 0.500. The zero-order valence-corrected chi connectivity index (χ0v) is 8.33. The first-order chi connectivity index (χ1) is 5.65. The van der Waals surface area contributed by atoms with Gasteiger partial charge in [0.05, 0.1) is 22.9 Å². The monoisotopic (exact) mass is 282 g/mol. The number of imide groups is 1. The van der Waals surface area contributed by atoms with Crippen molar-refractivity contribution in [2.75, 3.05) is 6.54 Å². The summed E-state index contributed by atoms with van der Waals surface area (Å²) in [6.45, 7) is -0.152. The summed E-state index contributed by atoms with van der Waals surface area (Å²) in [6, 6.07) is 0. The predicted octanol–water partition coefficient (Wildman–Crippen LogP) is -0.398. The van der Waals surface area contributed by atoms with Crippen LogP contribution in [0.4, 0.5) is 0 Å². The summed E-state index contributed by atoms with van der Waals surface area (Å²) in [5, 5.41) is 0. The van der Waals surface area contributed by atoms with Crippen LogP contribution in [0.3, 0.4) is 0 Å². The molecule has 6 heteroatoms. The molecule has 1 aliphatic heterocycles. The van der Waals surface area contributed by atoms with Crippen molar-refractivity contribution in [3.8, 4) is 0 Å². The standard InChI is InChI=1S/C6H7IN2O3/c7-8-4(10)3-9-5(11)1-2-6(9)12/h1-3H2,(H,8,10). The predicted molar refractivity (Wildman–Crippen MR) is 48.1 cm³/mol. The zero-order chi connectivity index (χ0) is 9.14. The number of likely N-dealkylation sites (tertiary alicyclic amines) is 1. The Morgan fingerprint density at radius 3 is 2.33 bits per heavy atom. The summed E-state index contributed by atoms with van der Waals surface area (Å²) < 4.78 is 2.32. The van der Waals surface area contributed by atoms with E-state index < -0.39 is 0 Å². The van der Waals surface area contributed by atoms with Gasteiger partial charge < -0.3 is 0 Å². The van der Waals surface area contributed by atoms with Gasteiger partial charge in [0.2, 0.25) is 17.7 Å². The molecule has 0 radical (unpaired) electrons. The van der Waals surface area contributed by atoms with Gasteiger partial charge in [0.25, 0.3) is 0 Å². The fourth-order valence-corrected chi connectivity index (χ4v) is 1.14. The Morgan fingerprint density at radius 2 is 1.92 bits per heavy atom. The number of carbonyl (C=O) groups is 3. The third kappa shape index (κ3) is 1.93. The molecule has 0 bridgehead atoms. The van der Waals surface area contributed by atoms with Gasteiger partial charge in [0, 0.05) is 12.8 Å². The summed E-state index contributed by atoms with van der Waals surface area (Å²) >= 11 is 1.67. The zero-order valence-electron chi connectivity index (χ0n) is 6.17. The summed E-state index contributed by atoms with van der Waals surface area (Å²) in [7, 11) is 0. The van der Waals surface area contributed by atoms with Gasteiger partial charge in [-0.15, -0.1) is 0 Å². The van der Waals surface area contributed by atoms with Crippen LogP contribution in [-0.4, -0.2) is 29.2 Å². The van der Waals surface area contributed by atoms with Gasteiger partial charge in [-0.25, -0.2) is 0 Å². The average molecular weight is 282 g/mol. The second-order valence-corrected chi connectivity index (χ2v) is 2.93. The second-order valence-electron chi connectivity index (χ2n) is 2.39. The lowest BCUT2D eigenvalue weighted by Gasteiger charge is -2.10. The number of nitrogens with one attached hydrogen (secondary N) is 1. The Hall–Kier alpha value is -0.660. The highest BCUT2D eigenvalue weighted by molar-refractivity contribution is 14.1. The van der Waals surface area contributed by atoms with E-state index in [9.17, 15) is 14.4 Å². The van der Waals surface area contributed by atoms with E-state index in [0.29, 0.717) is 0 Å². The lowest BCUT2D eigenvalue weighted by Crippen LogP contribution is -2.37. The molecule has 0 saturated carbocycles. The van der Waals surface area contributed by atoms with Crippen LogP contribution in [0.5, 0.6) is 0 Å². The Morgan fingerprint density at radius 1 is 1.42 bits per heavy atom. The minimum absolute atomic E-state index is 0.152. The van der Waals surface area contributed by atoms with Crippen molar-refractivity contribution in [1.29, 1.82) is 0 Å². The molecule has 0 spiro atoms. The normalized spacial score (nSPS) is 16.9. The number of hydrogen-bond donors (Lipinski definition) is 1. The molecule has 1 aliphatic rings. The molecule has 1 heterocycles. The van der Waals surface area contributed by atoms with E-state index in [1.165, 1.54) is 0 Å². The van der Waals surface area contributed by atoms with Crippen LogP contribution in [0, 0.1) is 0 Å². The van der Waals surface area contributed by atoms with E-state index in [4.69, 9.17) is 0 Å². The highest BCUT2D eigenvalue weighted by atomic mass is 127. The van der Waals surface area contributed by atoms with Crippen LogP contribution < -0.4 is 3.53 Å². The average Bonchev–Trinajstić information content (AvgIpc) is 2.35. The van der Waals surface area contributed by atoms with Crippen molar-refractivity contribution in [3.63, 3.8) is 0 Å². The Balaban J connectivity index is 2.56. The lowest BCUT2D eigenvalue weighted by molar-refractivity contribution is -0.141. The summed E-state index contributed by atoms with van der Waals surface area (Å²) in [6.07, 6.45) is 0.459. The van der Waals surface area contributed by atoms with Gasteiger partial charge in [-0.05, 0) is 0 Å². The van der Waals surface area contributed by atoms with Gasteiger partial charge in [0.15, 0.2) is 0 Å². The smallest absolute Gasteiger partial charge is 0.248 e. The minimum Gasteiger partial charge on any atom is -0.297 e. The third-order valence-electron chi connectivity index (χ3n) is 1.56. The molecule has 0 aromatic rings. The van der Waals surface area contributed by atoms with Crippen molar-refractivity contribution in [2.24, 2.45) is 0 Å². The topological polar surface area (TPSA) is 66.5 Å². The molecule has 5 nitrogen and oxygen atoms in total. The molecular formula is C6H7IN2O3. The number of amides is 3. The van der Waals surface area contributed by atoms with E-state index in [-0.39, 0.29) is 37.1 Å². The molecule has 12 heavy (non-hydrogen) atoms. The maximum atomic E-state index is 11.0. The van der Waals surface area contributed by atoms with Gasteiger partial charge in [-0.1, -0.05) is 0 Å². The molecule has 0 unspecified atom stereocenters. The van der Waals surface area contributed by atoms with Crippen LogP contribution in [0.1, 0.15) is 12.8 Å². The van der Waals surface area contributed by atoms with E-state index in [1.807, 2.05) is 0 Å². The Kier molecular flexibility index (Phi) is 3.01. The second kappa shape index (κ2) is 3.83. The maximum absolute atomic E-state index is 11.0. The van der Waals surface area contributed by atoms with Crippen LogP contribution in [-0.2, 0) is 14.4 Å². The van der Waals surface area contributed by atoms with Crippen molar-refractivity contribution in [3.05, 3.63) is 0 Å². The largest absolute Gasteiger partial charge is 0.297 e. The highest BCUT2D eigenvalue weighted by Gasteiger charge is 2.29. The molecule has 1 N–H and O–H groups in total. The Labute approximate surface area is 83.0 Å². The minimum atomic E-state index is -0.334. The van der Waals surface area contributed by atoms with Gasteiger partial charge in [-0.2, -0.15) is 0 Å². The molecule has 0 aromatic heterocycles. The van der Waals surface area contributed by atoms with Gasteiger partial charge in [-0.3, -0.25) is 22.8 Å². The third-order valence-corrected chi connectivity index (χ3v) is 2.16. The lowest BCUT2D eigenvalue weighted by atomic mass is 10.4. The van der Waals surface area contributed by atoms with Crippen molar-refractivity contribution in [1.82, 2.24) is 8.43 Å². The molecule has 1 rings (SSSR count). The summed E-state index contributed by atoms with van der Waals surface area (Å²) in [5.41, 5.74) is 0. The molecule has 0 aliphatic carbocycles. The Bertz CT molecular complexity index is 225. The first kappa shape index (κ1) is 9.43. The van der Waals surface area contributed by atoms with E-state index in [0.717, 1.165) is 4.90 Å².